The minimum atomic E-state index is 0.0491. The molecule has 1 aliphatic heterocycles. The third-order valence-electron chi connectivity index (χ3n) is 3.89. The van der Waals surface area contributed by atoms with Crippen LogP contribution in [0.5, 0.6) is 0 Å². The molecule has 0 saturated carbocycles. The molecule has 2 rings (SSSR count). The quantitative estimate of drug-likeness (QED) is 0.824. The van der Waals surface area contributed by atoms with Crippen molar-refractivity contribution in [2.45, 2.75) is 19.9 Å². The van der Waals surface area contributed by atoms with Crippen molar-refractivity contribution < 1.29 is 9.53 Å². The normalized spacial score (nSPS) is 19.4. The van der Waals surface area contributed by atoms with Crippen molar-refractivity contribution in [3.63, 3.8) is 0 Å². The second-order valence-corrected chi connectivity index (χ2v) is 5.05. The lowest BCUT2D eigenvalue weighted by Gasteiger charge is -2.37. The molecule has 1 heterocycles. The Balaban J connectivity index is 2.09. The number of rotatable bonds is 5. The smallest absolute Gasteiger partial charge is 0.237 e. The van der Waals surface area contributed by atoms with Crippen molar-refractivity contribution in [1.29, 1.82) is 0 Å². The summed E-state index contributed by atoms with van der Waals surface area (Å²) in [6.07, 6.45) is 0. The first kappa shape index (κ1) is 15.0. The second-order valence-electron chi connectivity index (χ2n) is 5.05. The van der Waals surface area contributed by atoms with Crippen LogP contribution in [0.1, 0.15) is 25.5 Å². The summed E-state index contributed by atoms with van der Waals surface area (Å²) in [4.78, 5) is 16.7. The van der Waals surface area contributed by atoms with Crippen LogP contribution in [0.3, 0.4) is 0 Å². The molecule has 0 aliphatic carbocycles. The molecular formula is C16H24N2O2. The highest BCUT2D eigenvalue weighted by molar-refractivity contribution is 5.79. The number of amides is 1. The van der Waals surface area contributed by atoms with E-state index in [1.165, 1.54) is 0 Å². The lowest BCUT2D eigenvalue weighted by atomic mass is 10.0. The Labute approximate surface area is 121 Å². The Morgan fingerprint density at radius 1 is 1.30 bits per heavy atom. The molecule has 0 N–H and O–H groups in total. The number of likely N-dealkylation sites (N-methyl/N-ethyl adjacent to an activating group) is 1. The summed E-state index contributed by atoms with van der Waals surface area (Å²) >= 11 is 0. The van der Waals surface area contributed by atoms with Gasteiger partial charge in [0, 0.05) is 6.54 Å². The van der Waals surface area contributed by atoms with Gasteiger partial charge in [-0.2, -0.15) is 0 Å². The van der Waals surface area contributed by atoms with Gasteiger partial charge >= 0.3 is 0 Å². The number of hydrogen-bond donors (Lipinski definition) is 0. The van der Waals surface area contributed by atoms with Crippen LogP contribution in [-0.2, 0) is 9.53 Å². The summed E-state index contributed by atoms with van der Waals surface area (Å²) in [7, 11) is 0. The molecule has 0 radical (unpaired) electrons. The van der Waals surface area contributed by atoms with Crippen LogP contribution in [0, 0.1) is 0 Å². The molecule has 4 nitrogen and oxygen atoms in total. The van der Waals surface area contributed by atoms with Gasteiger partial charge in [-0.1, -0.05) is 44.2 Å². The molecule has 1 aromatic carbocycles. The van der Waals surface area contributed by atoms with Gasteiger partial charge in [-0.25, -0.2) is 0 Å². The van der Waals surface area contributed by atoms with Crippen molar-refractivity contribution in [3.05, 3.63) is 35.9 Å². The standard InChI is InChI=1S/C16H24N2O2/c1-3-17(4-2)12-16(19)18-10-11-20-13-15(18)14-8-6-5-7-9-14/h5-9,15H,3-4,10-13H2,1-2H3. The number of carbonyl (C=O) groups is 1. The Morgan fingerprint density at radius 3 is 2.65 bits per heavy atom. The molecule has 1 aliphatic rings. The minimum absolute atomic E-state index is 0.0491. The van der Waals surface area contributed by atoms with E-state index < -0.39 is 0 Å². The maximum atomic E-state index is 12.5. The summed E-state index contributed by atoms with van der Waals surface area (Å²) in [5, 5.41) is 0. The van der Waals surface area contributed by atoms with Crippen LogP contribution in [0.25, 0.3) is 0 Å². The SMILES string of the molecule is CCN(CC)CC(=O)N1CCOCC1c1ccccc1. The first-order valence-electron chi connectivity index (χ1n) is 7.40. The predicted molar refractivity (Wildman–Crippen MR) is 79.5 cm³/mol. The summed E-state index contributed by atoms with van der Waals surface area (Å²) in [6.45, 7) is 8.39. The van der Waals surface area contributed by atoms with E-state index in [-0.39, 0.29) is 11.9 Å². The number of benzene rings is 1. The zero-order chi connectivity index (χ0) is 14.4. The van der Waals surface area contributed by atoms with Gasteiger partial charge in [0.2, 0.25) is 5.91 Å². The van der Waals surface area contributed by atoms with Crippen molar-refractivity contribution in [3.8, 4) is 0 Å². The Bertz CT molecular complexity index is 418. The van der Waals surface area contributed by atoms with E-state index in [2.05, 4.69) is 30.9 Å². The van der Waals surface area contributed by atoms with Gasteiger partial charge in [-0.3, -0.25) is 9.69 Å². The van der Waals surface area contributed by atoms with E-state index in [4.69, 9.17) is 4.74 Å². The van der Waals surface area contributed by atoms with E-state index in [0.717, 1.165) is 18.7 Å². The number of ether oxygens (including phenoxy) is 1. The fourth-order valence-electron chi connectivity index (χ4n) is 2.58. The van der Waals surface area contributed by atoms with Crippen LogP contribution in [0.15, 0.2) is 30.3 Å². The highest BCUT2D eigenvalue weighted by Crippen LogP contribution is 2.24. The first-order chi connectivity index (χ1) is 9.76. The number of hydrogen-bond acceptors (Lipinski definition) is 3. The largest absolute Gasteiger partial charge is 0.377 e. The third-order valence-corrected chi connectivity index (χ3v) is 3.89. The van der Waals surface area contributed by atoms with Crippen molar-refractivity contribution in [2.24, 2.45) is 0 Å². The van der Waals surface area contributed by atoms with Gasteiger partial charge in [0.15, 0.2) is 0 Å². The summed E-state index contributed by atoms with van der Waals surface area (Å²) in [5.74, 6) is 0.200. The van der Waals surface area contributed by atoms with Crippen LogP contribution in [-0.4, -0.2) is 55.1 Å². The van der Waals surface area contributed by atoms with Crippen molar-refractivity contribution in [2.75, 3.05) is 39.4 Å². The topological polar surface area (TPSA) is 32.8 Å². The zero-order valence-corrected chi connectivity index (χ0v) is 12.4. The highest BCUT2D eigenvalue weighted by Gasteiger charge is 2.28. The van der Waals surface area contributed by atoms with E-state index >= 15 is 0 Å². The average molecular weight is 276 g/mol. The minimum Gasteiger partial charge on any atom is -0.377 e. The van der Waals surface area contributed by atoms with E-state index in [1.807, 2.05) is 23.1 Å². The highest BCUT2D eigenvalue weighted by atomic mass is 16.5. The van der Waals surface area contributed by atoms with Crippen LogP contribution >= 0.6 is 0 Å². The molecule has 1 unspecified atom stereocenters. The molecule has 1 amide bonds. The van der Waals surface area contributed by atoms with E-state index in [1.54, 1.807) is 0 Å². The molecule has 0 spiro atoms. The average Bonchev–Trinajstić information content (AvgIpc) is 2.53. The molecule has 1 saturated heterocycles. The second kappa shape index (κ2) is 7.41. The number of nitrogens with zero attached hydrogens (tertiary/aromatic N) is 2. The monoisotopic (exact) mass is 276 g/mol. The fourth-order valence-corrected chi connectivity index (χ4v) is 2.58. The number of carbonyl (C=O) groups excluding carboxylic acids is 1. The van der Waals surface area contributed by atoms with Crippen LogP contribution < -0.4 is 0 Å². The molecule has 20 heavy (non-hydrogen) atoms. The third kappa shape index (κ3) is 3.58. The van der Waals surface area contributed by atoms with Crippen molar-refractivity contribution in [1.82, 2.24) is 9.80 Å². The lowest BCUT2D eigenvalue weighted by molar-refractivity contribution is -0.141. The molecule has 4 heteroatoms. The maximum absolute atomic E-state index is 12.5. The molecule has 1 aromatic rings. The van der Waals surface area contributed by atoms with Gasteiger partial charge in [-0.15, -0.1) is 0 Å². The molecule has 0 aromatic heterocycles. The Kier molecular flexibility index (Phi) is 5.56. The van der Waals surface area contributed by atoms with E-state index in [9.17, 15) is 4.79 Å². The first-order valence-corrected chi connectivity index (χ1v) is 7.40. The number of morpholine rings is 1. The molecule has 110 valence electrons. The van der Waals surface area contributed by atoms with Gasteiger partial charge in [0.25, 0.3) is 0 Å². The van der Waals surface area contributed by atoms with Crippen LogP contribution in [0.2, 0.25) is 0 Å². The summed E-state index contributed by atoms with van der Waals surface area (Å²) in [6, 6.07) is 10.2. The van der Waals surface area contributed by atoms with E-state index in [0.29, 0.717) is 26.3 Å². The van der Waals surface area contributed by atoms with Gasteiger partial charge in [0.1, 0.15) is 0 Å². The maximum Gasteiger partial charge on any atom is 0.237 e. The molecule has 1 atom stereocenters. The lowest BCUT2D eigenvalue weighted by Crippen LogP contribution is -2.47. The van der Waals surface area contributed by atoms with Gasteiger partial charge < -0.3 is 9.64 Å². The summed E-state index contributed by atoms with van der Waals surface area (Å²) < 4.78 is 5.57. The Hall–Kier alpha value is -1.39. The van der Waals surface area contributed by atoms with Gasteiger partial charge in [0.05, 0.1) is 25.8 Å². The summed E-state index contributed by atoms with van der Waals surface area (Å²) in [5.41, 5.74) is 1.15. The van der Waals surface area contributed by atoms with Gasteiger partial charge in [-0.05, 0) is 18.7 Å². The molecule has 1 fully saturated rings. The van der Waals surface area contributed by atoms with Crippen molar-refractivity contribution >= 4 is 5.91 Å². The molecule has 0 bridgehead atoms. The fraction of sp³-hybridized carbons (Fsp3) is 0.562. The Morgan fingerprint density at radius 2 is 2.00 bits per heavy atom. The zero-order valence-electron chi connectivity index (χ0n) is 12.4. The molecular weight excluding hydrogens is 252 g/mol. The van der Waals surface area contributed by atoms with Crippen LogP contribution in [0.4, 0.5) is 0 Å². The predicted octanol–water partition coefficient (Wildman–Crippen LogP) is 1.93.